The van der Waals surface area contributed by atoms with Crippen LogP contribution in [0.4, 0.5) is 0 Å². The lowest BCUT2D eigenvalue weighted by Gasteiger charge is -2.07. The molecule has 4 nitrogen and oxygen atoms in total. The first-order valence-corrected chi connectivity index (χ1v) is 7.57. The van der Waals surface area contributed by atoms with Gasteiger partial charge in [-0.3, -0.25) is 9.59 Å². The van der Waals surface area contributed by atoms with Gasteiger partial charge in [0.25, 0.3) is 0 Å². The molecule has 0 saturated heterocycles. The Balaban J connectivity index is 1.91. The maximum atomic E-state index is 12.1. The molecule has 0 radical (unpaired) electrons. The highest BCUT2D eigenvalue weighted by atomic mass is 16.4. The maximum absolute atomic E-state index is 12.1. The second-order valence-corrected chi connectivity index (χ2v) is 5.84. The summed E-state index contributed by atoms with van der Waals surface area (Å²) in [6.07, 6.45) is 1.08. The Hall–Kier alpha value is -2.46. The third-order valence-electron chi connectivity index (χ3n) is 3.72. The maximum Gasteiger partial charge on any atom is 0.320 e. The van der Waals surface area contributed by atoms with Crippen molar-refractivity contribution in [2.24, 2.45) is 5.73 Å². The van der Waals surface area contributed by atoms with E-state index in [2.05, 4.69) is 0 Å². The standard InChI is InChI=1S/C19H21NO3/c1-13-2-4-14(5-3-13)10-17(21)11-15-6-8-16(9-7-15)12-18(20)19(22)23/h2-9,18H,10-12,20H2,1H3,(H,22,23)/t18-/m0/s1. The van der Waals surface area contributed by atoms with Crippen LogP contribution in [0.5, 0.6) is 0 Å². The summed E-state index contributed by atoms with van der Waals surface area (Å²) in [5, 5.41) is 8.80. The smallest absolute Gasteiger partial charge is 0.320 e. The summed E-state index contributed by atoms with van der Waals surface area (Å²) in [6.45, 7) is 2.02. The average molecular weight is 311 g/mol. The number of carbonyl (C=O) groups excluding carboxylic acids is 1. The number of aryl methyl sites for hydroxylation is 1. The summed E-state index contributed by atoms with van der Waals surface area (Å²) in [5.74, 6) is -0.855. The number of benzene rings is 2. The molecule has 1 atom stereocenters. The second-order valence-electron chi connectivity index (χ2n) is 5.84. The fraction of sp³-hybridized carbons (Fsp3) is 0.263. The van der Waals surface area contributed by atoms with Crippen LogP contribution in [0.2, 0.25) is 0 Å². The van der Waals surface area contributed by atoms with Crippen molar-refractivity contribution in [3.63, 3.8) is 0 Å². The van der Waals surface area contributed by atoms with E-state index < -0.39 is 12.0 Å². The summed E-state index contributed by atoms with van der Waals surface area (Å²) >= 11 is 0. The molecule has 4 heteroatoms. The van der Waals surface area contributed by atoms with Crippen molar-refractivity contribution in [1.29, 1.82) is 0 Å². The molecule has 0 aliphatic heterocycles. The third kappa shape index (κ3) is 5.34. The fourth-order valence-corrected chi connectivity index (χ4v) is 2.36. The van der Waals surface area contributed by atoms with Crippen molar-refractivity contribution in [2.45, 2.75) is 32.2 Å². The third-order valence-corrected chi connectivity index (χ3v) is 3.72. The quantitative estimate of drug-likeness (QED) is 0.822. The number of ketones is 1. The van der Waals surface area contributed by atoms with E-state index in [0.717, 1.165) is 16.7 Å². The predicted molar refractivity (Wildman–Crippen MR) is 89.4 cm³/mol. The van der Waals surface area contributed by atoms with Gasteiger partial charge in [0.15, 0.2) is 0 Å². The molecule has 0 bridgehead atoms. The van der Waals surface area contributed by atoms with E-state index >= 15 is 0 Å². The average Bonchev–Trinajstić information content (AvgIpc) is 2.51. The Morgan fingerprint density at radius 2 is 1.35 bits per heavy atom. The summed E-state index contributed by atoms with van der Waals surface area (Å²) in [7, 11) is 0. The van der Waals surface area contributed by atoms with Gasteiger partial charge in [-0.05, 0) is 30.0 Å². The normalized spacial score (nSPS) is 11.9. The van der Waals surface area contributed by atoms with Crippen molar-refractivity contribution < 1.29 is 14.7 Å². The van der Waals surface area contributed by atoms with E-state index in [4.69, 9.17) is 10.8 Å². The molecule has 0 heterocycles. The van der Waals surface area contributed by atoms with Crippen LogP contribution in [0.1, 0.15) is 22.3 Å². The van der Waals surface area contributed by atoms with Crippen LogP contribution in [0.15, 0.2) is 48.5 Å². The van der Waals surface area contributed by atoms with E-state index in [1.807, 2.05) is 55.5 Å². The molecule has 3 N–H and O–H groups in total. The highest BCUT2D eigenvalue weighted by molar-refractivity contribution is 5.83. The molecule has 0 spiro atoms. The first kappa shape index (κ1) is 16.9. The van der Waals surface area contributed by atoms with Crippen LogP contribution in [0.3, 0.4) is 0 Å². The van der Waals surface area contributed by atoms with E-state index in [-0.39, 0.29) is 12.2 Å². The van der Waals surface area contributed by atoms with E-state index in [1.165, 1.54) is 5.56 Å². The molecular weight excluding hydrogens is 290 g/mol. The van der Waals surface area contributed by atoms with Crippen LogP contribution in [0.25, 0.3) is 0 Å². The summed E-state index contributed by atoms with van der Waals surface area (Å²) in [6, 6.07) is 14.4. The van der Waals surface area contributed by atoms with Gasteiger partial charge in [-0.25, -0.2) is 0 Å². The molecule has 120 valence electrons. The molecule has 0 fully saturated rings. The van der Waals surface area contributed by atoms with Crippen LogP contribution < -0.4 is 5.73 Å². The van der Waals surface area contributed by atoms with Crippen LogP contribution >= 0.6 is 0 Å². The van der Waals surface area contributed by atoms with Gasteiger partial charge in [-0.15, -0.1) is 0 Å². The van der Waals surface area contributed by atoms with E-state index in [1.54, 1.807) is 0 Å². The lowest BCUT2D eigenvalue weighted by atomic mass is 9.99. The van der Waals surface area contributed by atoms with Crippen molar-refractivity contribution in [1.82, 2.24) is 0 Å². The molecule has 0 aliphatic rings. The zero-order valence-corrected chi connectivity index (χ0v) is 13.2. The summed E-state index contributed by atoms with van der Waals surface area (Å²) < 4.78 is 0. The van der Waals surface area contributed by atoms with Gasteiger partial charge < -0.3 is 10.8 Å². The van der Waals surface area contributed by atoms with Gasteiger partial charge >= 0.3 is 5.97 Å². The Morgan fingerprint density at radius 1 is 0.913 bits per heavy atom. The van der Waals surface area contributed by atoms with Gasteiger partial charge in [-0.2, -0.15) is 0 Å². The number of carboxylic acid groups (broad SMARTS) is 1. The number of aliphatic carboxylic acids is 1. The Kier molecular flexibility index (Phi) is 5.66. The number of carbonyl (C=O) groups is 2. The topological polar surface area (TPSA) is 80.4 Å². The number of Topliss-reactive ketones (excluding diaryl/α,β-unsaturated/α-hetero) is 1. The van der Waals surface area contributed by atoms with Gasteiger partial charge in [-0.1, -0.05) is 54.1 Å². The number of carboxylic acids is 1. The highest BCUT2D eigenvalue weighted by Gasteiger charge is 2.12. The van der Waals surface area contributed by atoms with E-state index in [0.29, 0.717) is 12.8 Å². The summed E-state index contributed by atoms with van der Waals surface area (Å²) in [5.41, 5.74) is 9.49. The Bertz CT molecular complexity index is 675. The van der Waals surface area contributed by atoms with Crippen LogP contribution in [-0.2, 0) is 28.9 Å². The molecule has 2 rings (SSSR count). The Labute approximate surface area is 136 Å². The minimum atomic E-state index is -1.01. The molecule has 0 unspecified atom stereocenters. The van der Waals surface area contributed by atoms with Crippen molar-refractivity contribution >= 4 is 11.8 Å². The predicted octanol–water partition coefficient (Wildman–Crippen LogP) is 2.30. The largest absolute Gasteiger partial charge is 0.480 e. The van der Waals surface area contributed by atoms with Crippen molar-refractivity contribution in [3.8, 4) is 0 Å². The molecule has 0 amide bonds. The zero-order chi connectivity index (χ0) is 16.8. The molecule has 2 aromatic rings. The van der Waals surface area contributed by atoms with Crippen molar-refractivity contribution in [3.05, 3.63) is 70.8 Å². The molecule has 0 aromatic heterocycles. The highest BCUT2D eigenvalue weighted by Crippen LogP contribution is 2.10. The zero-order valence-electron chi connectivity index (χ0n) is 13.2. The molecule has 0 saturated carbocycles. The number of hydrogen-bond donors (Lipinski definition) is 2. The lowest BCUT2D eigenvalue weighted by Crippen LogP contribution is -2.32. The molecule has 2 aromatic carbocycles. The Morgan fingerprint density at radius 3 is 1.83 bits per heavy atom. The SMILES string of the molecule is Cc1ccc(CC(=O)Cc2ccc(C[C@H](N)C(=O)O)cc2)cc1. The van der Waals surface area contributed by atoms with Crippen LogP contribution in [0, 0.1) is 6.92 Å². The molecular formula is C19H21NO3. The minimum absolute atomic E-state index is 0.156. The number of rotatable bonds is 7. The first-order valence-electron chi connectivity index (χ1n) is 7.57. The second kappa shape index (κ2) is 7.70. The van der Waals surface area contributed by atoms with Gasteiger partial charge in [0.05, 0.1) is 0 Å². The van der Waals surface area contributed by atoms with Gasteiger partial charge in [0.2, 0.25) is 0 Å². The molecule has 23 heavy (non-hydrogen) atoms. The monoisotopic (exact) mass is 311 g/mol. The fourth-order valence-electron chi connectivity index (χ4n) is 2.36. The van der Waals surface area contributed by atoms with Gasteiger partial charge in [0.1, 0.15) is 11.8 Å². The first-order chi connectivity index (χ1) is 10.9. The van der Waals surface area contributed by atoms with E-state index in [9.17, 15) is 9.59 Å². The number of nitrogens with two attached hydrogens (primary N) is 1. The van der Waals surface area contributed by atoms with Crippen LogP contribution in [-0.4, -0.2) is 22.9 Å². The molecule has 0 aliphatic carbocycles. The summed E-state index contributed by atoms with van der Waals surface area (Å²) in [4.78, 5) is 22.9. The van der Waals surface area contributed by atoms with Gasteiger partial charge in [0, 0.05) is 12.8 Å². The van der Waals surface area contributed by atoms with Crippen molar-refractivity contribution in [2.75, 3.05) is 0 Å². The minimum Gasteiger partial charge on any atom is -0.480 e. The lowest BCUT2D eigenvalue weighted by molar-refractivity contribution is -0.138. The number of hydrogen-bond acceptors (Lipinski definition) is 3.